The van der Waals surface area contributed by atoms with Gasteiger partial charge in [0.25, 0.3) is 0 Å². The van der Waals surface area contributed by atoms with Gasteiger partial charge in [-0.15, -0.1) is 0 Å². The topological polar surface area (TPSA) is 131 Å². The standard InChI is InChI=1S/C24H35FN4O6/c1-5-6-12-18(21(31)28-14-17(25)13-19(28)20(26)30)29(27-22(32)35-24(2,3)4)23(33)34-15-16-10-8-7-9-11-16/h7-11,17-19H,5-6,12-15H2,1-4H3,(H2,26,30)(H,27,32)/t17-,18-,19-/m0/s1. The first kappa shape index (κ1) is 27.9. The molecule has 11 heteroatoms. The van der Waals surface area contributed by atoms with Crippen molar-refractivity contribution in [2.45, 2.75) is 83.8 Å². The van der Waals surface area contributed by atoms with E-state index < -0.39 is 47.9 Å². The molecule has 1 heterocycles. The highest BCUT2D eigenvalue weighted by Crippen LogP contribution is 2.24. The summed E-state index contributed by atoms with van der Waals surface area (Å²) in [7, 11) is 0. The number of hydrogen-bond acceptors (Lipinski definition) is 6. The number of nitrogens with zero attached hydrogens (tertiary/aromatic N) is 2. The van der Waals surface area contributed by atoms with Gasteiger partial charge in [0.05, 0.1) is 6.54 Å². The number of rotatable bonds is 8. The maximum atomic E-state index is 14.1. The monoisotopic (exact) mass is 494 g/mol. The zero-order valence-corrected chi connectivity index (χ0v) is 20.7. The van der Waals surface area contributed by atoms with E-state index in [2.05, 4.69) is 5.43 Å². The molecule has 0 saturated carbocycles. The van der Waals surface area contributed by atoms with E-state index >= 15 is 0 Å². The van der Waals surface area contributed by atoms with Crippen molar-refractivity contribution in [2.75, 3.05) is 6.54 Å². The molecule has 3 atom stereocenters. The number of amides is 4. The lowest BCUT2D eigenvalue weighted by Gasteiger charge is -2.34. The summed E-state index contributed by atoms with van der Waals surface area (Å²) in [6.07, 6.45) is -2.32. The Morgan fingerprint density at radius 2 is 1.89 bits per heavy atom. The highest BCUT2D eigenvalue weighted by molar-refractivity contribution is 5.91. The Morgan fingerprint density at radius 3 is 2.46 bits per heavy atom. The minimum Gasteiger partial charge on any atom is -0.443 e. The third-order valence-corrected chi connectivity index (χ3v) is 5.30. The molecule has 1 aromatic rings. The SMILES string of the molecule is CCCC[C@@H](C(=O)N1C[C@@H](F)C[C@H]1C(N)=O)N(NC(=O)OC(C)(C)C)C(=O)OCc1ccccc1. The van der Waals surface area contributed by atoms with Crippen LogP contribution in [0.3, 0.4) is 0 Å². The maximum Gasteiger partial charge on any atom is 0.429 e. The third kappa shape index (κ3) is 8.41. The van der Waals surface area contributed by atoms with Gasteiger partial charge in [0.15, 0.2) is 0 Å². The second kappa shape index (κ2) is 12.4. The van der Waals surface area contributed by atoms with Gasteiger partial charge in [-0.2, -0.15) is 0 Å². The minimum atomic E-state index is -1.43. The molecule has 3 N–H and O–H groups in total. The fourth-order valence-electron chi connectivity index (χ4n) is 3.69. The molecule has 0 radical (unpaired) electrons. The number of halogens is 1. The largest absolute Gasteiger partial charge is 0.443 e. The number of nitrogens with two attached hydrogens (primary N) is 1. The van der Waals surface area contributed by atoms with E-state index in [0.29, 0.717) is 18.4 Å². The summed E-state index contributed by atoms with van der Waals surface area (Å²) in [5, 5.41) is 0.763. The zero-order chi connectivity index (χ0) is 26.2. The van der Waals surface area contributed by atoms with Crippen molar-refractivity contribution in [3.63, 3.8) is 0 Å². The number of nitrogens with one attached hydrogen (secondary N) is 1. The normalized spacial score (nSPS) is 18.5. The van der Waals surface area contributed by atoms with Gasteiger partial charge in [-0.05, 0) is 32.8 Å². The van der Waals surface area contributed by atoms with Gasteiger partial charge >= 0.3 is 12.2 Å². The van der Waals surface area contributed by atoms with Crippen molar-refractivity contribution in [2.24, 2.45) is 5.73 Å². The highest BCUT2D eigenvalue weighted by Gasteiger charge is 2.44. The molecule has 1 aliphatic heterocycles. The van der Waals surface area contributed by atoms with E-state index in [0.717, 1.165) is 9.91 Å². The van der Waals surface area contributed by atoms with E-state index in [4.69, 9.17) is 15.2 Å². The van der Waals surface area contributed by atoms with Gasteiger partial charge in [-0.1, -0.05) is 50.1 Å². The number of likely N-dealkylation sites (tertiary alicyclic amines) is 1. The van der Waals surface area contributed by atoms with Crippen LogP contribution in [0.1, 0.15) is 58.9 Å². The van der Waals surface area contributed by atoms with Gasteiger partial charge in [-0.25, -0.2) is 24.4 Å². The molecule has 1 aromatic carbocycles. The fourth-order valence-corrected chi connectivity index (χ4v) is 3.69. The lowest BCUT2D eigenvalue weighted by Crippen LogP contribution is -2.60. The first-order valence-corrected chi connectivity index (χ1v) is 11.7. The first-order chi connectivity index (χ1) is 16.4. The summed E-state index contributed by atoms with van der Waals surface area (Å²) in [4.78, 5) is 52.1. The number of alkyl halides is 1. The van der Waals surface area contributed by atoms with Gasteiger partial charge in [0, 0.05) is 6.42 Å². The van der Waals surface area contributed by atoms with Crippen LogP contribution in [0.5, 0.6) is 0 Å². The van der Waals surface area contributed by atoms with Crippen LogP contribution < -0.4 is 11.2 Å². The van der Waals surface area contributed by atoms with Gasteiger partial charge in [0.1, 0.15) is 30.5 Å². The second-order valence-electron chi connectivity index (χ2n) is 9.42. The van der Waals surface area contributed by atoms with Gasteiger partial charge < -0.3 is 20.1 Å². The average Bonchev–Trinajstić information content (AvgIpc) is 3.18. The molecule has 0 bridgehead atoms. The van der Waals surface area contributed by atoms with E-state index in [1.165, 1.54) is 0 Å². The number of hydrazine groups is 1. The second-order valence-corrected chi connectivity index (χ2v) is 9.42. The lowest BCUT2D eigenvalue weighted by atomic mass is 10.1. The molecule has 4 amide bonds. The van der Waals surface area contributed by atoms with Crippen LogP contribution in [-0.2, 0) is 25.7 Å². The van der Waals surface area contributed by atoms with Crippen molar-refractivity contribution in [1.29, 1.82) is 0 Å². The van der Waals surface area contributed by atoms with Gasteiger partial charge in [0.2, 0.25) is 11.8 Å². The van der Waals surface area contributed by atoms with Crippen LogP contribution in [0.15, 0.2) is 30.3 Å². The Labute approximate surface area is 204 Å². The summed E-state index contributed by atoms with van der Waals surface area (Å²) in [5.41, 5.74) is 7.53. The van der Waals surface area contributed by atoms with E-state index in [1.54, 1.807) is 45.0 Å². The molecule has 194 valence electrons. The van der Waals surface area contributed by atoms with Crippen LogP contribution in [0.25, 0.3) is 0 Å². The van der Waals surface area contributed by atoms with Crippen molar-refractivity contribution < 1.29 is 33.0 Å². The number of primary amides is 1. The minimum absolute atomic E-state index is 0.110. The van der Waals surface area contributed by atoms with Crippen LogP contribution in [0.4, 0.5) is 14.0 Å². The van der Waals surface area contributed by atoms with Crippen molar-refractivity contribution in [1.82, 2.24) is 15.3 Å². The predicted molar refractivity (Wildman–Crippen MR) is 125 cm³/mol. The number of unbranched alkanes of at least 4 members (excludes halogenated alkanes) is 1. The van der Waals surface area contributed by atoms with Gasteiger partial charge in [-0.3, -0.25) is 9.59 Å². The van der Waals surface area contributed by atoms with Crippen molar-refractivity contribution in [3.8, 4) is 0 Å². The summed E-state index contributed by atoms with van der Waals surface area (Å²) in [6.45, 7) is 6.38. The summed E-state index contributed by atoms with van der Waals surface area (Å²) in [6, 6.07) is 6.45. The van der Waals surface area contributed by atoms with E-state index in [9.17, 15) is 23.6 Å². The Balaban J connectivity index is 2.33. The molecule has 1 fully saturated rings. The van der Waals surface area contributed by atoms with Crippen LogP contribution >= 0.6 is 0 Å². The van der Waals surface area contributed by atoms with Crippen molar-refractivity contribution >= 4 is 24.0 Å². The van der Waals surface area contributed by atoms with Crippen LogP contribution in [0.2, 0.25) is 0 Å². The molecule has 2 rings (SSSR count). The number of ether oxygens (including phenoxy) is 2. The molecule has 1 aliphatic rings. The third-order valence-electron chi connectivity index (χ3n) is 5.30. The number of benzene rings is 1. The lowest BCUT2D eigenvalue weighted by molar-refractivity contribution is -0.142. The molecule has 35 heavy (non-hydrogen) atoms. The highest BCUT2D eigenvalue weighted by atomic mass is 19.1. The average molecular weight is 495 g/mol. The quantitative estimate of drug-likeness (QED) is 0.534. The van der Waals surface area contributed by atoms with E-state index in [1.807, 2.05) is 13.0 Å². The first-order valence-electron chi connectivity index (χ1n) is 11.7. The molecule has 1 saturated heterocycles. The molecule has 10 nitrogen and oxygen atoms in total. The Hall–Kier alpha value is -3.37. The smallest absolute Gasteiger partial charge is 0.429 e. The Kier molecular flexibility index (Phi) is 9.85. The fraction of sp³-hybridized carbons (Fsp3) is 0.583. The van der Waals surface area contributed by atoms with Crippen molar-refractivity contribution in [3.05, 3.63) is 35.9 Å². The molecule has 0 aromatic heterocycles. The zero-order valence-electron chi connectivity index (χ0n) is 20.7. The predicted octanol–water partition coefficient (Wildman–Crippen LogP) is 3.05. The number of carbonyl (C=O) groups is 4. The Bertz CT molecular complexity index is 892. The van der Waals surface area contributed by atoms with Crippen LogP contribution in [-0.4, -0.2) is 64.3 Å². The van der Waals surface area contributed by atoms with E-state index in [-0.39, 0.29) is 26.0 Å². The summed E-state index contributed by atoms with van der Waals surface area (Å²) < 4.78 is 24.8. The number of carbonyl (C=O) groups excluding carboxylic acids is 4. The maximum absolute atomic E-state index is 14.1. The molecular weight excluding hydrogens is 459 g/mol. The number of hydrogen-bond donors (Lipinski definition) is 2. The molecular formula is C24H35FN4O6. The van der Waals surface area contributed by atoms with Crippen LogP contribution in [0, 0.1) is 0 Å². The molecule has 0 spiro atoms. The summed E-state index contributed by atoms with van der Waals surface area (Å²) in [5.74, 6) is -1.55. The summed E-state index contributed by atoms with van der Waals surface area (Å²) >= 11 is 0. The Morgan fingerprint density at radius 1 is 1.23 bits per heavy atom. The molecule has 0 aliphatic carbocycles. The molecule has 0 unspecified atom stereocenters.